The molecule has 0 atom stereocenters. The highest BCUT2D eigenvalue weighted by Gasteiger charge is 2.16. The Kier molecular flexibility index (Phi) is 5.00. The molecule has 0 unspecified atom stereocenters. The lowest BCUT2D eigenvalue weighted by Crippen LogP contribution is -2.26. The molecule has 1 N–H and O–H groups in total. The molecule has 2 heterocycles. The van der Waals surface area contributed by atoms with E-state index < -0.39 is 17.5 Å². The predicted octanol–water partition coefficient (Wildman–Crippen LogP) is 3.17. The van der Waals surface area contributed by atoms with Crippen molar-refractivity contribution in [2.75, 3.05) is 18.5 Å². The number of aromatic nitrogens is 1. The standard InChI is InChI=1S/C17H16F2N2O3/c18-14-3-2-12(9-15(14)19)21-17(22)11-1-4-16(20-10-11)24-13-5-7-23-8-6-13/h1-4,9-10,13H,5-8H2,(H,21,22). The van der Waals surface area contributed by atoms with Crippen LogP contribution in [0.5, 0.6) is 5.88 Å². The quantitative estimate of drug-likeness (QED) is 0.933. The van der Waals surface area contributed by atoms with Gasteiger partial charge in [0.05, 0.1) is 18.8 Å². The van der Waals surface area contributed by atoms with E-state index >= 15 is 0 Å². The van der Waals surface area contributed by atoms with Gasteiger partial charge in [0.15, 0.2) is 11.6 Å². The van der Waals surface area contributed by atoms with Crippen LogP contribution in [0.25, 0.3) is 0 Å². The monoisotopic (exact) mass is 334 g/mol. The fraction of sp³-hybridized carbons (Fsp3) is 0.294. The van der Waals surface area contributed by atoms with Crippen LogP contribution in [0.4, 0.5) is 14.5 Å². The van der Waals surface area contributed by atoms with Crippen LogP contribution in [0.3, 0.4) is 0 Å². The summed E-state index contributed by atoms with van der Waals surface area (Å²) in [7, 11) is 0. The summed E-state index contributed by atoms with van der Waals surface area (Å²) in [6.45, 7) is 1.33. The van der Waals surface area contributed by atoms with Crippen LogP contribution in [-0.4, -0.2) is 30.2 Å². The van der Waals surface area contributed by atoms with E-state index in [0.29, 0.717) is 24.7 Å². The highest BCUT2D eigenvalue weighted by molar-refractivity contribution is 6.04. The van der Waals surface area contributed by atoms with Gasteiger partial charge in [0.25, 0.3) is 5.91 Å². The largest absolute Gasteiger partial charge is 0.474 e. The minimum atomic E-state index is -1.02. The zero-order chi connectivity index (χ0) is 16.9. The Labute approximate surface area is 137 Å². The summed E-state index contributed by atoms with van der Waals surface area (Å²) in [5.41, 5.74) is 0.459. The van der Waals surface area contributed by atoms with E-state index in [1.807, 2.05) is 0 Å². The summed E-state index contributed by atoms with van der Waals surface area (Å²) in [6.07, 6.45) is 3.05. The minimum absolute atomic E-state index is 0.0631. The normalized spacial score (nSPS) is 15.1. The Hall–Kier alpha value is -2.54. The molecule has 1 aromatic carbocycles. The molecule has 2 aromatic rings. The van der Waals surface area contributed by atoms with Gasteiger partial charge in [-0.3, -0.25) is 4.79 Å². The highest BCUT2D eigenvalue weighted by atomic mass is 19.2. The lowest BCUT2D eigenvalue weighted by molar-refractivity contribution is 0.0237. The summed E-state index contributed by atoms with van der Waals surface area (Å²) in [5, 5.41) is 2.48. The molecule has 0 radical (unpaired) electrons. The summed E-state index contributed by atoms with van der Waals surface area (Å²) in [5.74, 6) is -2.02. The molecule has 3 rings (SSSR count). The van der Waals surface area contributed by atoms with E-state index in [2.05, 4.69) is 10.3 Å². The van der Waals surface area contributed by atoms with Crippen molar-refractivity contribution in [2.24, 2.45) is 0 Å². The third-order valence-electron chi connectivity index (χ3n) is 3.63. The van der Waals surface area contributed by atoms with Gasteiger partial charge in [-0.25, -0.2) is 13.8 Å². The third-order valence-corrected chi connectivity index (χ3v) is 3.63. The SMILES string of the molecule is O=C(Nc1ccc(F)c(F)c1)c1ccc(OC2CCOCC2)nc1. The van der Waals surface area contributed by atoms with Gasteiger partial charge >= 0.3 is 0 Å². The topological polar surface area (TPSA) is 60.5 Å². The molecule has 1 saturated heterocycles. The molecule has 1 aliphatic heterocycles. The summed E-state index contributed by atoms with van der Waals surface area (Å²) in [4.78, 5) is 16.2. The molecule has 1 fully saturated rings. The maximum Gasteiger partial charge on any atom is 0.257 e. The van der Waals surface area contributed by atoms with Crippen molar-refractivity contribution in [1.82, 2.24) is 4.98 Å². The molecule has 0 saturated carbocycles. The molecule has 0 aliphatic carbocycles. The molecule has 126 valence electrons. The van der Waals surface area contributed by atoms with E-state index in [9.17, 15) is 13.6 Å². The second-order valence-electron chi connectivity index (χ2n) is 5.40. The average molecular weight is 334 g/mol. The first-order chi connectivity index (χ1) is 11.6. The van der Waals surface area contributed by atoms with Gasteiger partial charge in [-0.05, 0) is 18.2 Å². The van der Waals surface area contributed by atoms with Gasteiger partial charge in [-0.1, -0.05) is 0 Å². The number of carbonyl (C=O) groups excluding carboxylic acids is 1. The van der Waals surface area contributed by atoms with Crippen molar-refractivity contribution in [3.63, 3.8) is 0 Å². The minimum Gasteiger partial charge on any atom is -0.474 e. The molecule has 7 heteroatoms. The van der Waals surface area contributed by atoms with E-state index in [1.54, 1.807) is 12.1 Å². The molecule has 1 aliphatic rings. The molecule has 0 spiro atoms. The number of amides is 1. The van der Waals surface area contributed by atoms with Gasteiger partial charge in [0, 0.05) is 36.9 Å². The number of benzene rings is 1. The molecule has 1 amide bonds. The van der Waals surface area contributed by atoms with Crippen molar-refractivity contribution in [3.05, 3.63) is 53.7 Å². The number of rotatable bonds is 4. The van der Waals surface area contributed by atoms with Crippen molar-refractivity contribution in [3.8, 4) is 5.88 Å². The second kappa shape index (κ2) is 7.35. The van der Waals surface area contributed by atoms with Gasteiger partial charge in [0.2, 0.25) is 5.88 Å². The third kappa shape index (κ3) is 4.05. The first kappa shape index (κ1) is 16.3. The number of nitrogens with one attached hydrogen (secondary N) is 1. The van der Waals surface area contributed by atoms with Gasteiger partial charge in [-0.15, -0.1) is 0 Å². The first-order valence-electron chi connectivity index (χ1n) is 7.58. The molecular weight excluding hydrogens is 318 g/mol. The number of anilines is 1. The Bertz CT molecular complexity index is 716. The van der Waals surface area contributed by atoms with Crippen LogP contribution in [0, 0.1) is 11.6 Å². The van der Waals surface area contributed by atoms with Crippen LogP contribution in [0.1, 0.15) is 23.2 Å². The zero-order valence-electron chi connectivity index (χ0n) is 12.8. The van der Waals surface area contributed by atoms with Crippen molar-refractivity contribution in [1.29, 1.82) is 0 Å². The second-order valence-corrected chi connectivity index (χ2v) is 5.40. The number of hydrogen-bond donors (Lipinski definition) is 1. The number of pyridine rings is 1. The fourth-order valence-electron chi connectivity index (χ4n) is 2.33. The molecule has 0 bridgehead atoms. The first-order valence-corrected chi connectivity index (χ1v) is 7.58. The predicted molar refractivity (Wildman–Crippen MR) is 83.0 cm³/mol. The highest BCUT2D eigenvalue weighted by Crippen LogP contribution is 2.17. The zero-order valence-corrected chi connectivity index (χ0v) is 12.8. The Balaban J connectivity index is 1.61. The number of ether oxygens (including phenoxy) is 2. The molecule has 24 heavy (non-hydrogen) atoms. The number of halogens is 2. The van der Waals surface area contributed by atoms with Gasteiger partial charge in [-0.2, -0.15) is 0 Å². The van der Waals surface area contributed by atoms with Gasteiger partial charge < -0.3 is 14.8 Å². The number of hydrogen-bond acceptors (Lipinski definition) is 4. The Morgan fingerprint density at radius 1 is 1.17 bits per heavy atom. The van der Waals surface area contributed by atoms with Crippen LogP contribution in [0.15, 0.2) is 36.5 Å². The Morgan fingerprint density at radius 3 is 2.62 bits per heavy atom. The lowest BCUT2D eigenvalue weighted by Gasteiger charge is -2.22. The summed E-state index contributed by atoms with van der Waals surface area (Å²) in [6, 6.07) is 6.33. The van der Waals surface area contributed by atoms with Crippen LogP contribution >= 0.6 is 0 Å². The van der Waals surface area contributed by atoms with E-state index in [1.165, 1.54) is 12.3 Å². The van der Waals surface area contributed by atoms with Crippen LogP contribution in [0.2, 0.25) is 0 Å². The smallest absolute Gasteiger partial charge is 0.257 e. The summed E-state index contributed by atoms with van der Waals surface area (Å²) >= 11 is 0. The van der Waals surface area contributed by atoms with Crippen molar-refractivity contribution in [2.45, 2.75) is 18.9 Å². The van der Waals surface area contributed by atoms with Crippen LogP contribution < -0.4 is 10.1 Å². The fourth-order valence-corrected chi connectivity index (χ4v) is 2.33. The maximum absolute atomic E-state index is 13.1. The van der Waals surface area contributed by atoms with Crippen molar-refractivity contribution < 1.29 is 23.0 Å². The van der Waals surface area contributed by atoms with E-state index in [-0.39, 0.29) is 11.8 Å². The average Bonchev–Trinajstić information content (AvgIpc) is 2.60. The van der Waals surface area contributed by atoms with Crippen LogP contribution in [-0.2, 0) is 4.74 Å². The van der Waals surface area contributed by atoms with Gasteiger partial charge in [0.1, 0.15) is 6.10 Å². The van der Waals surface area contributed by atoms with E-state index in [4.69, 9.17) is 9.47 Å². The number of nitrogens with zero attached hydrogens (tertiary/aromatic N) is 1. The molecular formula is C17H16F2N2O3. The summed E-state index contributed by atoms with van der Waals surface area (Å²) < 4.78 is 37.0. The molecule has 1 aromatic heterocycles. The van der Waals surface area contributed by atoms with Crippen molar-refractivity contribution >= 4 is 11.6 Å². The lowest BCUT2D eigenvalue weighted by atomic mass is 10.1. The van der Waals surface area contributed by atoms with E-state index in [0.717, 1.165) is 25.0 Å². The Morgan fingerprint density at radius 2 is 1.96 bits per heavy atom. The maximum atomic E-state index is 13.1. The molecule has 5 nitrogen and oxygen atoms in total. The number of carbonyl (C=O) groups is 1.